The number of rotatable bonds is 8. The molecule has 1 saturated carbocycles. The molecule has 3 aromatic rings. The maximum atomic E-state index is 13.2. The van der Waals surface area contributed by atoms with Gasteiger partial charge in [-0.2, -0.15) is 22.3 Å². The van der Waals surface area contributed by atoms with Crippen LogP contribution in [0, 0.1) is 12.8 Å². The fourth-order valence-corrected chi connectivity index (χ4v) is 7.33. The highest BCUT2D eigenvalue weighted by atomic mass is 32.2. The van der Waals surface area contributed by atoms with Gasteiger partial charge in [-0.05, 0) is 105 Å². The second-order valence-electron chi connectivity index (χ2n) is 12.0. The quantitative estimate of drug-likeness (QED) is 0.341. The molecule has 3 aliphatic rings. The molecule has 2 fully saturated rings. The molecule has 234 valence electrons. The van der Waals surface area contributed by atoms with Crippen LogP contribution in [0.3, 0.4) is 0 Å². The molecule has 0 spiro atoms. The standard InChI is InChI=1S/C31H36F2N6O4S/c1-19-13-21-6-3-7-25(21)29(28(19)22-8-10-34-26(16-22)43-18-20-5-4-11-38(2)17-20)35-31(40)37-44(41,42)27-9-12-39(36-27)24-14-23(15-24)30(32)33/h8-10,12-13,16,20,24H,3-7,11,14-15,17-18H2,1-2H3,(H2,35,37,40). The molecular formula is C31H36F2N6O4S. The van der Waals surface area contributed by atoms with Crippen LogP contribution >= 0.6 is 0 Å². The smallest absolute Gasteiger partial charge is 0.333 e. The maximum Gasteiger partial charge on any atom is 0.333 e. The number of hydrogen-bond acceptors (Lipinski definition) is 7. The molecule has 3 heterocycles. The summed E-state index contributed by atoms with van der Waals surface area (Å²) in [6.45, 7) is 4.61. The monoisotopic (exact) mass is 626 g/mol. The van der Waals surface area contributed by atoms with Gasteiger partial charge >= 0.3 is 6.03 Å². The third-order valence-electron chi connectivity index (χ3n) is 8.74. The summed E-state index contributed by atoms with van der Waals surface area (Å²) in [6.07, 6.45) is 6.41. The Morgan fingerprint density at radius 2 is 1.98 bits per heavy atom. The molecule has 0 radical (unpaired) electrons. The molecule has 1 aromatic carbocycles. The summed E-state index contributed by atoms with van der Waals surface area (Å²) < 4.78 is 61.2. The van der Waals surface area contributed by atoms with Crippen LogP contribution in [0.5, 0.6) is 5.88 Å². The number of benzene rings is 1. The number of amides is 2. The van der Waals surface area contributed by atoms with E-state index in [0.717, 1.165) is 73.0 Å². The van der Waals surface area contributed by atoms with E-state index in [1.807, 2.05) is 19.1 Å². The number of aryl methyl sites for hydroxylation is 2. The van der Waals surface area contributed by atoms with Crippen molar-refractivity contribution in [2.24, 2.45) is 5.92 Å². The van der Waals surface area contributed by atoms with Crippen molar-refractivity contribution in [1.29, 1.82) is 0 Å². The lowest BCUT2D eigenvalue weighted by Gasteiger charge is -2.29. The third kappa shape index (κ3) is 6.34. The first-order valence-corrected chi connectivity index (χ1v) is 16.4. The minimum Gasteiger partial charge on any atom is -0.477 e. The number of likely N-dealkylation sites (tertiary alicyclic amines) is 1. The van der Waals surface area contributed by atoms with Gasteiger partial charge in [0.1, 0.15) is 0 Å². The van der Waals surface area contributed by atoms with Gasteiger partial charge in [0.05, 0.1) is 18.3 Å². The van der Waals surface area contributed by atoms with Crippen LogP contribution in [0.2, 0.25) is 0 Å². The van der Waals surface area contributed by atoms with Crippen LogP contribution in [-0.4, -0.2) is 60.9 Å². The number of aromatic nitrogens is 3. The van der Waals surface area contributed by atoms with Gasteiger partial charge in [0.15, 0.2) is 5.03 Å². The summed E-state index contributed by atoms with van der Waals surface area (Å²) in [4.78, 5) is 20.0. The van der Waals surface area contributed by atoms with Gasteiger partial charge in [-0.1, -0.05) is 6.07 Å². The van der Waals surface area contributed by atoms with Crippen LogP contribution < -0.4 is 14.8 Å². The van der Waals surface area contributed by atoms with Crippen molar-refractivity contribution in [3.63, 3.8) is 0 Å². The van der Waals surface area contributed by atoms with Crippen LogP contribution in [0.15, 0.2) is 53.3 Å². The number of sulfonamides is 1. The Hall–Kier alpha value is -3.84. The molecule has 0 bridgehead atoms. The van der Waals surface area contributed by atoms with Crippen molar-refractivity contribution in [2.45, 2.75) is 62.9 Å². The Balaban J connectivity index is 1.21. The minimum absolute atomic E-state index is 0.0406. The number of carbonyl (C=O) groups is 1. The van der Waals surface area contributed by atoms with E-state index in [4.69, 9.17) is 4.74 Å². The van der Waals surface area contributed by atoms with E-state index in [2.05, 4.69) is 38.1 Å². The lowest BCUT2D eigenvalue weighted by molar-refractivity contribution is 0.147. The zero-order chi connectivity index (χ0) is 31.0. The van der Waals surface area contributed by atoms with Gasteiger partial charge in [-0.25, -0.2) is 14.5 Å². The summed E-state index contributed by atoms with van der Waals surface area (Å²) >= 11 is 0. The first-order chi connectivity index (χ1) is 21.1. The van der Waals surface area contributed by atoms with Gasteiger partial charge in [-0.15, -0.1) is 0 Å². The third-order valence-corrected chi connectivity index (χ3v) is 9.96. The molecular weight excluding hydrogens is 590 g/mol. The van der Waals surface area contributed by atoms with E-state index in [1.165, 1.54) is 16.9 Å². The van der Waals surface area contributed by atoms with Gasteiger partial charge in [0.25, 0.3) is 16.1 Å². The highest BCUT2D eigenvalue weighted by molar-refractivity contribution is 7.90. The Bertz CT molecular complexity index is 1710. The maximum absolute atomic E-state index is 13.2. The summed E-state index contributed by atoms with van der Waals surface area (Å²) in [6, 6.07) is 5.83. The fourth-order valence-electron chi connectivity index (χ4n) is 6.49. The van der Waals surface area contributed by atoms with Gasteiger partial charge in [-0.3, -0.25) is 4.68 Å². The van der Waals surface area contributed by atoms with Gasteiger partial charge in [0, 0.05) is 36.5 Å². The van der Waals surface area contributed by atoms with E-state index in [0.29, 0.717) is 24.1 Å². The predicted octanol–water partition coefficient (Wildman–Crippen LogP) is 5.46. The summed E-state index contributed by atoms with van der Waals surface area (Å²) in [5.74, 6) is 0.920. The molecule has 1 atom stereocenters. The van der Waals surface area contributed by atoms with Crippen molar-refractivity contribution in [2.75, 3.05) is 32.1 Å². The van der Waals surface area contributed by atoms with E-state index in [9.17, 15) is 22.0 Å². The average molecular weight is 627 g/mol. The molecule has 1 aliphatic heterocycles. The van der Waals surface area contributed by atoms with Crippen LogP contribution in [-0.2, 0) is 22.9 Å². The van der Waals surface area contributed by atoms with Crippen LogP contribution in [0.4, 0.5) is 19.3 Å². The lowest BCUT2D eigenvalue weighted by atomic mass is 9.87. The van der Waals surface area contributed by atoms with Crippen LogP contribution in [0.1, 0.15) is 54.8 Å². The average Bonchev–Trinajstić information content (AvgIpc) is 3.62. The molecule has 2 N–H and O–H groups in total. The SMILES string of the molecule is Cc1cc2c(c(NC(=O)NS(=O)(=O)c3ccn(C4CC(=C(F)F)C4)n3)c1-c1ccnc(OCC3CCCN(C)C3)c1)CCC2. The zero-order valence-electron chi connectivity index (χ0n) is 24.8. The van der Waals surface area contributed by atoms with E-state index >= 15 is 0 Å². The Morgan fingerprint density at radius 1 is 1.16 bits per heavy atom. The van der Waals surface area contributed by atoms with E-state index in [1.54, 1.807) is 6.20 Å². The number of piperidine rings is 1. The molecule has 10 nitrogen and oxygen atoms in total. The van der Waals surface area contributed by atoms with Gasteiger partial charge in [0.2, 0.25) is 5.88 Å². The second-order valence-corrected chi connectivity index (χ2v) is 13.6. The number of nitrogens with zero attached hydrogens (tertiary/aromatic N) is 4. The zero-order valence-corrected chi connectivity index (χ0v) is 25.6. The Labute approximate surface area is 255 Å². The highest BCUT2D eigenvalue weighted by Crippen LogP contribution is 2.41. The number of carbonyl (C=O) groups excluding carboxylic acids is 1. The molecule has 44 heavy (non-hydrogen) atoms. The molecule has 2 aromatic heterocycles. The molecule has 1 unspecified atom stereocenters. The number of ether oxygens (including phenoxy) is 1. The lowest BCUT2D eigenvalue weighted by Crippen LogP contribution is -2.35. The summed E-state index contributed by atoms with van der Waals surface area (Å²) in [5, 5.41) is 6.53. The van der Waals surface area contributed by atoms with Gasteiger partial charge < -0.3 is 15.0 Å². The normalized spacial score (nSPS) is 20.1. The van der Waals surface area contributed by atoms with Crippen LogP contribution in [0.25, 0.3) is 11.1 Å². The number of pyridine rings is 1. The largest absolute Gasteiger partial charge is 0.477 e. The van der Waals surface area contributed by atoms with E-state index < -0.39 is 22.1 Å². The number of hydrogen-bond donors (Lipinski definition) is 2. The first-order valence-electron chi connectivity index (χ1n) is 14.9. The minimum atomic E-state index is -4.32. The number of halogens is 2. The number of allylic oxidation sites excluding steroid dienone is 1. The Kier molecular flexibility index (Phi) is 8.42. The summed E-state index contributed by atoms with van der Waals surface area (Å²) in [5.41, 5.74) is 5.21. The van der Waals surface area contributed by atoms with Crippen molar-refractivity contribution < 1.29 is 26.7 Å². The van der Waals surface area contributed by atoms with Crippen molar-refractivity contribution >= 4 is 21.7 Å². The van der Waals surface area contributed by atoms with Crippen molar-refractivity contribution in [3.05, 3.63) is 65.0 Å². The van der Waals surface area contributed by atoms with Crippen molar-refractivity contribution in [3.8, 4) is 17.0 Å². The molecule has 13 heteroatoms. The predicted molar refractivity (Wildman–Crippen MR) is 161 cm³/mol. The number of urea groups is 1. The molecule has 2 amide bonds. The highest BCUT2D eigenvalue weighted by Gasteiger charge is 2.31. The number of anilines is 1. The first kappa shape index (κ1) is 30.2. The molecule has 6 rings (SSSR count). The topological polar surface area (TPSA) is 118 Å². The summed E-state index contributed by atoms with van der Waals surface area (Å²) in [7, 11) is -2.21. The number of fused-ring (bicyclic) bond motifs is 1. The Morgan fingerprint density at radius 3 is 2.75 bits per heavy atom. The molecule has 1 saturated heterocycles. The number of nitrogens with one attached hydrogen (secondary N) is 2. The van der Waals surface area contributed by atoms with Crippen molar-refractivity contribution in [1.82, 2.24) is 24.4 Å². The second kappa shape index (κ2) is 12.3. The molecule has 2 aliphatic carbocycles. The fraction of sp³-hybridized carbons (Fsp3) is 0.452. The van der Waals surface area contributed by atoms with E-state index in [-0.39, 0.29) is 29.5 Å².